The van der Waals surface area contributed by atoms with Gasteiger partial charge in [0.25, 0.3) is 0 Å². The summed E-state index contributed by atoms with van der Waals surface area (Å²) < 4.78 is 10.1. The number of Topliss-reactive ketones (excluding diaryl/α,β-unsaturated/α-hetero) is 1. The van der Waals surface area contributed by atoms with Gasteiger partial charge in [-0.1, -0.05) is 12.1 Å². The number of benzene rings is 1. The minimum absolute atomic E-state index is 0.0472. The largest absolute Gasteiger partial charge is 0.508 e. The zero-order valence-corrected chi connectivity index (χ0v) is 11.0. The standard InChI is InChI=1S/C15H16O5/c16-13-3-1-11(2-4-13)5-8-20-15(18)9-12-10-19-7-6-14(12)17/h1-4,10,16H,5-9H2. The van der Waals surface area contributed by atoms with Gasteiger partial charge in [0.1, 0.15) is 5.75 Å². The van der Waals surface area contributed by atoms with Crippen molar-refractivity contribution in [2.45, 2.75) is 19.3 Å². The molecular weight excluding hydrogens is 260 g/mol. The van der Waals surface area contributed by atoms with Crippen LogP contribution in [0.3, 0.4) is 0 Å². The van der Waals surface area contributed by atoms with Gasteiger partial charge in [0.05, 0.1) is 25.9 Å². The highest BCUT2D eigenvalue weighted by Crippen LogP contribution is 2.13. The van der Waals surface area contributed by atoms with Crippen molar-refractivity contribution in [1.29, 1.82) is 0 Å². The molecule has 0 aliphatic carbocycles. The third-order valence-corrected chi connectivity index (χ3v) is 2.96. The van der Waals surface area contributed by atoms with Crippen LogP contribution in [0, 0.1) is 0 Å². The van der Waals surface area contributed by atoms with E-state index in [4.69, 9.17) is 14.6 Å². The number of aromatic hydroxyl groups is 1. The molecule has 0 amide bonds. The maximum atomic E-state index is 11.6. The van der Waals surface area contributed by atoms with Crippen LogP contribution in [0.5, 0.6) is 5.75 Å². The monoisotopic (exact) mass is 276 g/mol. The summed E-state index contributed by atoms with van der Waals surface area (Å²) in [7, 11) is 0. The third-order valence-electron chi connectivity index (χ3n) is 2.96. The molecule has 1 aromatic carbocycles. The average Bonchev–Trinajstić information content (AvgIpc) is 2.44. The number of ether oxygens (including phenoxy) is 2. The first-order valence-electron chi connectivity index (χ1n) is 6.42. The lowest BCUT2D eigenvalue weighted by Crippen LogP contribution is -2.17. The highest BCUT2D eigenvalue weighted by molar-refractivity contribution is 5.99. The van der Waals surface area contributed by atoms with Gasteiger partial charge in [-0.15, -0.1) is 0 Å². The zero-order chi connectivity index (χ0) is 14.4. The number of carbonyl (C=O) groups excluding carboxylic acids is 2. The first kappa shape index (κ1) is 14.1. The predicted molar refractivity (Wildman–Crippen MR) is 71.0 cm³/mol. The number of esters is 1. The van der Waals surface area contributed by atoms with Crippen molar-refractivity contribution >= 4 is 11.8 Å². The fourth-order valence-electron chi connectivity index (χ4n) is 1.83. The average molecular weight is 276 g/mol. The quantitative estimate of drug-likeness (QED) is 0.829. The molecule has 0 saturated heterocycles. The third kappa shape index (κ3) is 4.12. The SMILES string of the molecule is O=C(CC1=COCCC1=O)OCCc1ccc(O)cc1. The number of rotatable bonds is 5. The number of phenolic OH excluding ortho intramolecular Hbond substituents is 1. The van der Waals surface area contributed by atoms with Gasteiger partial charge in [-0.05, 0) is 17.7 Å². The van der Waals surface area contributed by atoms with E-state index in [1.807, 2.05) is 0 Å². The molecule has 0 bridgehead atoms. The van der Waals surface area contributed by atoms with Crippen LogP contribution in [-0.2, 0) is 25.5 Å². The van der Waals surface area contributed by atoms with Gasteiger partial charge < -0.3 is 14.6 Å². The molecule has 0 radical (unpaired) electrons. The summed E-state index contributed by atoms with van der Waals surface area (Å²) in [6.45, 7) is 0.615. The molecule has 106 valence electrons. The van der Waals surface area contributed by atoms with E-state index in [0.29, 0.717) is 25.0 Å². The lowest BCUT2D eigenvalue weighted by atomic mass is 10.1. The van der Waals surface area contributed by atoms with Gasteiger partial charge in [-0.3, -0.25) is 9.59 Å². The van der Waals surface area contributed by atoms with Gasteiger partial charge in [0.2, 0.25) is 0 Å². The normalized spacial score (nSPS) is 14.4. The van der Waals surface area contributed by atoms with Gasteiger partial charge in [0, 0.05) is 18.4 Å². The van der Waals surface area contributed by atoms with E-state index in [-0.39, 0.29) is 24.6 Å². The highest BCUT2D eigenvalue weighted by Gasteiger charge is 2.18. The minimum atomic E-state index is -0.436. The summed E-state index contributed by atoms with van der Waals surface area (Å²) in [4.78, 5) is 23.1. The van der Waals surface area contributed by atoms with Crippen molar-refractivity contribution in [3.05, 3.63) is 41.7 Å². The Balaban J connectivity index is 1.74. The number of hydrogen-bond donors (Lipinski definition) is 1. The van der Waals surface area contributed by atoms with E-state index < -0.39 is 5.97 Å². The molecule has 1 aliphatic heterocycles. The lowest BCUT2D eigenvalue weighted by molar-refractivity contribution is -0.143. The van der Waals surface area contributed by atoms with Crippen molar-refractivity contribution in [1.82, 2.24) is 0 Å². The molecule has 5 heteroatoms. The maximum absolute atomic E-state index is 11.6. The van der Waals surface area contributed by atoms with Crippen molar-refractivity contribution < 1.29 is 24.2 Å². The number of hydrogen-bond acceptors (Lipinski definition) is 5. The molecule has 2 rings (SSSR count). The van der Waals surface area contributed by atoms with Crippen LogP contribution in [0.15, 0.2) is 36.1 Å². The molecule has 1 N–H and O–H groups in total. The Bertz CT molecular complexity index is 516. The summed E-state index contributed by atoms with van der Waals surface area (Å²) in [5.41, 5.74) is 1.33. The first-order valence-corrected chi connectivity index (χ1v) is 6.42. The fraction of sp³-hybridized carbons (Fsp3) is 0.333. The molecule has 1 aliphatic rings. The van der Waals surface area contributed by atoms with Crippen LogP contribution in [-0.4, -0.2) is 30.1 Å². The van der Waals surface area contributed by atoms with Crippen molar-refractivity contribution in [2.75, 3.05) is 13.2 Å². The van der Waals surface area contributed by atoms with E-state index in [0.717, 1.165) is 5.56 Å². The molecule has 0 spiro atoms. The van der Waals surface area contributed by atoms with Crippen LogP contribution in [0.4, 0.5) is 0 Å². The molecular formula is C15H16O5. The Morgan fingerprint density at radius 3 is 2.75 bits per heavy atom. The topological polar surface area (TPSA) is 72.8 Å². The number of ketones is 1. The second-order valence-corrected chi connectivity index (χ2v) is 4.50. The predicted octanol–water partition coefficient (Wildman–Crippen LogP) is 1.74. The summed E-state index contributed by atoms with van der Waals surface area (Å²) in [5, 5.41) is 9.14. The van der Waals surface area contributed by atoms with E-state index in [1.165, 1.54) is 6.26 Å². The van der Waals surface area contributed by atoms with E-state index in [1.54, 1.807) is 24.3 Å². The second kappa shape index (κ2) is 6.75. The maximum Gasteiger partial charge on any atom is 0.310 e. The Labute approximate surface area is 116 Å². The summed E-state index contributed by atoms with van der Waals surface area (Å²) in [6.07, 6.45) is 2.17. The van der Waals surface area contributed by atoms with E-state index >= 15 is 0 Å². The van der Waals surface area contributed by atoms with Crippen molar-refractivity contribution in [3.63, 3.8) is 0 Å². The molecule has 0 fully saturated rings. The summed E-state index contributed by atoms with van der Waals surface area (Å²) >= 11 is 0. The van der Waals surface area contributed by atoms with Gasteiger partial charge in [0.15, 0.2) is 5.78 Å². The smallest absolute Gasteiger partial charge is 0.310 e. The Hall–Kier alpha value is -2.30. The van der Waals surface area contributed by atoms with E-state index in [9.17, 15) is 9.59 Å². The van der Waals surface area contributed by atoms with Crippen LogP contribution in [0.25, 0.3) is 0 Å². The molecule has 0 unspecified atom stereocenters. The molecule has 0 atom stereocenters. The summed E-state index contributed by atoms with van der Waals surface area (Å²) in [5.74, 6) is -0.297. The fourth-order valence-corrected chi connectivity index (χ4v) is 1.83. The van der Waals surface area contributed by atoms with Gasteiger partial charge in [-0.25, -0.2) is 0 Å². The zero-order valence-electron chi connectivity index (χ0n) is 11.0. The lowest BCUT2D eigenvalue weighted by Gasteiger charge is -2.12. The summed E-state index contributed by atoms with van der Waals surface area (Å²) in [6, 6.07) is 6.70. The number of carbonyl (C=O) groups is 2. The van der Waals surface area contributed by atoms with Crippen LogP contribution in [0.2, 0.25) is 0 Å². The van der Waals surface area contributed by atoms with Gasteiger partial charge >= 0.3 is 5.97 Å². The van der Waals surface area contributed by atoms with Crippen molar-refractivity contribution in [3.8, 4) is 5.75 Å². The van der Waals surface area contributed by atoms with Crippen LogP contribution in [0.1, 0.15) is 18.4 Å². The first-order chi connectivity index (χ1) is 9.65. The molecule has 1 aromatic rings. The number of phenols is 1. The molecule has 5 nitrogen and oxygen atoms in total. The Morgan fingerprint density at radius 1 is 1.30 bits per heavy atom. The molecule has 0 saturated carbocycles. The Morgan fingerprint density at radius 2 is 2.05 bits per heavy atom. The minimum Gasteiger partial charge on any atom is -0.508 e. The van der Waals surface area contributed by atoms with E-state index in [2.05, 4.69) is 0 Å². The van der Waals surface area contributed by atoms with Gasteiger partial charge in [-0.2, -0.15) is 0 Å². The Kier molecular flexibility index (Phi) is 4.76. The molecule has 1 heterocycles. The highest BCUT2D eigenvalue weighted by atomic mass is 16.5. The van der Waals surface area contributed by atoms with Crippen molar-refractivity contribution in [2.24, 2.45) is 0 Å². The second-order valence-electron chi connectivity index (χ2n) is 4.50. The van der Waals surface area contributed by atoms with Crippen LogP contribution < -0.4 is 0 Å². The molecule has 20 heavy (non-hydrogen) atoms. The van der Waals surface area contributed by atoms with Crippen LogP contribution >= 0.6 is 0 Å². The molecule has 0 aromatic heterocycles.